The van der Waals surface area contributed by atoms with Crippen molar-refractivity contribution in [1.29, 1.82) is 0 Å². The fraction of sp³-hybridized carbons (Fsp3) is 0.833. The number of piperidine rings is 3. The number of aromatic nitrogens is 3. The summed E-state index contributed by atoms with van der Waals surface area (Å²) in [4.78, 5) is 20.7. The van der Waals surface area contributed by atoms with E-state index < -0.39 is 0 Å². The van der Waals surface area contributed by atoms with E-state index in [1.54, 1.807) is 0 Å². The molecule has 3 fully saturated rings. The van der Waals surface area contributed by atoms with Crippen molar-refractivity contribution in [3.63, 3.8) is 0 Å². The summed E-state index contributed by atoms with van der Waals surface area (Å²) in [6.07, 6.45) is 3.47. The molecule has 4 atom stereocenters. The second-order valence-electron chi connectivity index (χ2n) is 8.88. The van der Waals surface area contributed by atoms with Crippen molar-refractivity contribution in [3.05, 3.63) is 0 Å². The van der Waals surface area contributed by atoms with E-state index in [4.69, 9.17) is 43.6 Å². The Balaban J connectivity index is 1.65. The summed E-state index contributed by atoms with van der Waals surface area (Å²) in [5, 5.41) is 0. The Hall–Kier alpha value is -1.79. The minimum absolute atomic E-state index is 0.00670. The van der Waals surface area contributed by atoms with E-state index in [1.807, 2.05) is 0 Å². The largest absolute Gasteiger partial charge is 0.341 e. The smallest absolute Gasteiger partial charge is 0.232 e. The minimum Gasteiger partial charge on any atom is -0.341 e. The van der Waals surface area contributed by atoms with E-state index in [2.05, 4.69) is 14.7 Å². The molecule has 11 heteroatoms. The van der Waals surface area contributed by atoms with Gasteiger partial charge in [0.2, 0.25) is 17.8 Å². The average Bonchev–Trinajstić information content (AvgIpc) is 2.67. The fourth-order valence-electron chi connectivity index (χ4n) is 4.55. The molecule has 0 aliphatic carbocycles. The van der Waals surface area contributed by atoms with Crippen LogP contribution in [0.5, 0.6) is 0 Å². The van der Waals surface area contributed by atoms with Gasteiger partial charge < -0.3 is 43.4 Å². The predicted octanol–water partition coefficient (Wildman–Crippen LogP) is -2.47. The third-order valence-corrected chi connectivity index (χ3v) is 6.02. The molecular weight excluding hydrogens is 370 g/mol. The van der Waals surface area contributed by atoms with E-state index in [0.717, 1.165) is 38.8 Å². The normalized spacial score (nSPS) is 32.0. The summed E-state index contributed by atoms with van der Waals surface area (Å²) < 4.78 is 0. The first-order valence-corrected chi connectivity index (χ1v) is 10.7. The zero-order valence-electron chi connectivity index (χ0n) is 17.0. The van der Waals surface area contributed by atoms with Crippen molar-refractivity contribution >= 4 is 17.8 Å². The molecule has 3 aliphatic rings. The molecule has 0 saturated carbocycles. The Morgan fingerprint density at radius 2 is 0.862 bits per heavy atom. The van der Waals surface area contributed by atoms with Gasteiger partial charge in [-0.05, 0) is 25.7 Å². The number of rotatable bonds is 3. The molecule has 4 rings (SSSR count). The maximum Gasteiger partial charge on any atom is 0.232 e. The van der Waals surface area contributed by atoms with Gasteiger partial charge in [-0.3, -0.25) is 0 Å². The molecule has 0 unspecified atom stereocenters. The maximum atomic E-state index is 6.21. The lowest BCUT2D eigenvalue weighted by Crippen LogP contribution is -2.54. The van der Waals surface area contributed by atoms with Gasteiger partial charge >= 0.3 is 0 Å². The highest BCUT2D eigenvalue weighted by Crippen LogP contribution is 2.25. The van der Waals surface area contributed by atoms with Crippen molar-refractivity contribution in [2.75, 3.05) is 54.0 Å². The number of anilines is 3. The summed E-state index contributed by atoms with van der Waals surface area (Å²) in [6.45, 7) is 4.40. The first-order chi connectivity index (χ1) is 13.9. The Bertz CT molecular complexity index is 628. The van der Waals surface area contributed by atoms with Gasteiger partial charge in [0, 0.05) is 69.5 Å². The van der Waals surface area contributed by atoms with Crippen molar-refractivity contribution < 1.29 is 0 Å². The van der Waals surface area contributed by atoms with Crippen LogP contribution >= 0.6 is 0 Å². The van der Waals surface area contributed by atoms with E-state index in [0.29, 0.717) is 44.0 Å². The van der Waals surface area contributed by atoms with Crippen LogP contribution in [0.4, 0.5) is 17.8 Å². The summed E-state index contributed by atoms with van der Waals surface area (Å²) >= 11 is 0. The summed E-state index contributed by atoms with van der Waals surface area (Å²) in [5.74, 6) is 1.92. The standard InChI is InChI=1S/C18H35N11/c19-11-1-3-27(4-2-11)16-24-17(28-7-12(20)5-13(21)8-28)26-18(25-16)29-9-14(22)6-15(23)10-29/h11-15H,1-10,19-23H2/t12-,13+,14-,15+. The molecule has 3 saturated heterocycles. The van der Waals surface area contributed by atoms with Crippen molar-refractivity contribution in [3.8, 4) is 0 Å². The molecule has 0 bridgehead atoms. The fourth-order valence-corrected chi connectivity index (χ4v) is 4.55. The van der Waals surface area contributed by atoms with Crippen LogP contribution in [-0.2, 0) is 0 Å². The molecule has 10 N–H and O–H groups in total. The van der Waals surface area contributed by atoms with E-state index in [9.17, 15) is 0 Å². The van der Waals surface area contributed by atoms with Crippen LogP contribution in [0.3, 0.4) is 0 Å². The van der Waals surface area contributed by atoms with E-state index in [-0.39, 0.29) is 30.2 Å². The zero-order chi connectivity index (χ0) is 20.5. The lowest BCUT2D eigenvalue weighted by Gasteiger charge is -2.38. The van der Waals surface area contributed by atoms with Gasteiger partial charge in [0.1, 0.15) is 0 Å². The highest BCUT2D eigenvalue weighted by molar-refractivity contribution is 5.48. The van der Waals surface area contributed by atoms with Gasteiger partial charge in [-0.1, -0.05) is 0 Å². The monoisotopic (exact) mass is 405 g/mol. The second kappa shape index (κ2) is 8.52. The van der Waals surface area contributed by atoms with Gasteiger partial charge in [-0.15, -0.1) is 0 Å². The molecule has 0 spiro atoms. The Morgan fingerprint density at radius 1 is 0.517 bits per heavy atom. The molecule has 0 radical (unpaired) electrons. The van der Waals surface area contributed by atoms with Gasteiger partial charge in [-0.2, -0.15) is 15.0 Å². The highest BCUT2D eigenvalue weighted by Gasteiger charge is 2.30. The molecular formula is C18H35N11. The Labute approximate surface area is 172 Å². The molecule has 29 heavy (non-hydrogen) atoms. The van der Waals surface area contributed by atoms with Gasteiger partial charge in [0.05, 0.1) is 0 Å². The average molecular weight is 406 g/mol. The van der Waals surface area contributed by atoms with Crippen LogP contribution < -0.4 is 43.4 Å². The number of hydrogen-bond acceptors (Lipinski definition) is 11. The molecule has 0 aromatic carbocycles. The molecule has 1 aromatic heterocycles. The molecule has 11 nitrogen and oxygen atoms in total. The second-order valence-corrected chi connectivity index (χ2v) is 8.88. The first kappa shape index (κ1) is 20.5. The SMILES string of the molecule is NC1CCN(c2nc(N3C[C@H](N)C[C@H](N)C3)nc(N3C[C@H](N)C[C@H](N)C3)n2)CC1. The Morgan fingerprint density at radius 3 is 1.24 bits per heavy atom. The molecule has 4 heterocycles. The third kappa shape index (κ3) is 4.86. The number of nitrogens with zero attached hydrogens (tertiary/aromatic N) is 6. The highest BCUT2D eigenvalue weighted by atomic mass is 15.4. The Kier molecular flexibility index (Phi) is 6.02. The first-order valence-electron chi connectivity index (χ1n) is 10.7. The van der Waals surface area contributed by atoms with Crippen LogP contribution in [0, 0.1) is 0 Å². The molecule has 3 aliphatic heterocycles. The van der Waals surface area contributed by atoms with E-state index >= 15 is 0 Å². The van der Waals surface area contributed by atoms with Gasteiger partial charge in [0.25, 0.3) is 0 Å². The van der Waals surface area contributed by atoms with Crippen molar-refractivity contribution in [2.24, 2.45) is 28.7 Å². The number of nitrogens with two attached hydrogens (primary N) is 5. The van der Waals surface area contributed by atoms with Crippen LogP contribution in [0.15, 0.2) is 0 Å². The maximum absolute atomic E-state index is 6.21. The quantitative estimate of drug-likeness (QED) is 0.360. The van der Waals surface area contributed by atoms with Crippen LogP contribution in [0.25, 0.3) is 0 Å². The van der Waals surface area contributed by atoms with E-state index in [1.165, 1.54) is 0 Å². The van der Waals surface area contributed by atoms with Gasteiger partial charge in [-0.25, -0.2) is 0 Å². The predicted molar refractivity (Wildman–Crippen MR) is 115 cm³/mol. The minimum atomic E-state index is 0.00670. The molecule has 1 aromatic rings. The lowest BCUT2D eigenvalue weighted by atomic mass is 10.0. The topological polar surface area (TPSA) is 178 Å². The van der Waals surface area contributed by atoms with Crippen LogP contribution in [-0.4, -0.2) is 84.4 Å². The number of hydrogen-bond donors (Lipinski definition) is 5. The summed E-state index contributed by atoms with van der Waals surface area (Å²) in [5.41, 5.74) is 30.9. The summed E-state index contributed by atoms with van der Waals surface area (Å²) in [7, 11) is 0. The lowest BCUT2D eigenvalue weighted by molar-refractivity contribution is 0.439. The third-order valence-electron chi connectivity index (χ3n) is 6.02. The van der Waals surface area contributed by atoms with Gasteiger partial charge in [0.15, 0.2) is 0 Å². The van der Waals surface area contributed by atoms with Crippen LogP contribution in [0.1, 0.15) is 25.7 Å². The van der Waals surface area contributed by atoms with Crippen LogP contribution in [0.2, 0.25) is 0 Å². The zero-order valence-corrected chi connectivity index (χ0v) is 17.0. The molecule has 0 amide bonds. The molecule has 162 valence electrons. The van der Waals surface area contributed by atoms with Crippen molar-refractivity contribution in [2.45, 2.75) is 55.9 Å². The van der Waals surface area contributed by atoms with Crippen molar-refractivity contribution in [1.82, 2.24) is 15.0 Å². The summed E-state index contributed by atoms with van der Waals surface area (Å²) in [6, 6.07) is 0.266.